The second kappa shape index (κ2) is 4.57. The zero-order chi connectivity index (χ0) is 13.2. The van der Waals surface area contributed by atoms with Crippen LogP contribution < -0.4 is 4.74 Å². The van der Waals surface area contributed by atoms with Crippen molar-refractivity contribution < 1.29 is 9.53 Å². The van der Waals surface area contributed by atoms with E-state index in [0.29, 0.717) is 5.69 Å². The average molecular weight is 252 g/mol. The van der Waals surface area contributed by atoms with Crippen LogP contribution in [0.1, 0.15) is 10.5 Å². The Balaban J connectivity index is 2.30. The minimum Gasteiger partial charge on any atom is -0.496 e. The molecule has 0 saturated heterocycles. The summed E-state index contributed by atoms with van der Waals surface area (Å²) in [4.78, 5) is 15.1. The van der Waals surface area contributed by atoms with Crippen LogP contribution in [0.25, 0.3) is 16.9 Å². The lowest BCUT2D eigenvalue weighted by molar-refractivity contribution is 0.111. The third kappa shape index (κ3) is 1.87. The van der Waals surface area contributed by atoms with Crippen LogP contribution in [0.4, 0.5) is 0 Å². The Labute approximate surface area is 110 Å². The highest BCUT2D eigenvalue weighted by Gasteiger charge is 2.10. The van der Waals surface area contributed by atoms with Crippen molar-refractivity contribution in [2.45, 2.75) is 0 Å². The van der Waals surface area contributed by atoms with Crippen molar-refractivity contribution >= 4 is 11.9 Å². The van der Waals surface area contributed by atoms with E-state index in [0.717, 1.165) is 28.9 Å². The summed E-state index contributed by atoms with van der Waals surface area (Å²) in [6.45, 7) is 0. The summed E-state index contributed by atoms with van der Waals surface area (Å²) in [5.41, 5.74) is 3.06. The summed E-state index contributed by atoms with van der Waals surface area (Å²) < 4.78 is 7.27. The van der Waals surface area contributed by atoms with Crippen LogP contribution in [-0.4, -0.2) is 22.8 Å². The second-order valence-electron chi connectivity index (χ2n) is 4.12. The number of ether oxygens (including phenoxy) is 1. The maximum atomic E-state index is 10.8. The summed E-state index contributed by atoms with van der Waals surface area (Å²) in [6, 6.07) is 13.5. The van der Waals surface area contributed by atoms with E-state index in [9.17, 15) is 4.79 Å². The number of aldehydes is 1. The molecule has 4 nitrogen and oxygen atoms in total. The number of imidazole rings is 1. The van der Waals surface area contributed by atoms with Crippen molar-refractivity contribution in [2.24, 2.45) is 0 Å². The maximum Gasteiger partial charge on any atom is 0.170 e. The largest absolute Gasteiger partial charge is 0.496 e. The topological polar surface area (TPSA) is 43.6 Å². The molecule has 0 aliphatic rings. The Hall–Kier alpha value is -2.62. The molecule has 0 fully saturated rings. The zero-order valence-corrected chi connectivity index (χ0v) is 10.4. The molecular formula is C15H12N2O2. The number of carbonyl (C=O) groups excluding carboxylic acids is 1. The molecule has 0 N–H and O–H groups in total. The molecule has 0 saturated carbocycles. The highest BCUT2D eigenvalue weighted by Crippen LogP contribution is 2.29. The summed E-state index contributed by atoms with van der Waals surface area (Å²) in [5.74, 6) is 0.788. The van der Waals surface area contributed by atoms with Gasteiger partial charge in [-0.2, -0.15) is 0 Å². The third-order valence-corrected chi connectivity index (χ3v) is 3.01. The average Bonchev–Trinajstić information content (AvgIpc) is 2.90. The van der Waals surface area contributed by atoms with Crippen LogP contribution in [0.2, 0.25) is 0 Å². The van der Waals surface area contributed by atoms with Crippen molar-refractivity contribution in [1.29, 1.82) is 0 Å². The van der Waals surface area contributed by atoms with E-state index in [2.05, 4.69) is 4.98 Å². The predicted molar refractivity (Wildman–Crippen MR) is 72.6 cm³/mol. The molecule has 0 atom stereocenters. The molecule has 3 aromatic rings. The quantitative estimate of drug-likeness (QED) is 0.673. The van der Waals surface area contributed by atoms with Gasteiger partial charge in [0.25, 0.3) is 0 Å². The lowest BCUT2D eigenvalue weighted by Gasteiger charge is -2.10. The van der Waals surface area contributed by atoms with E-state index in [1.807, 2.05) is 46.9 Å². The van der Waals surface area contributed by atoms with Gasteiger partial charge in [0.1, 0.15) is 17.1 Å². The number of rotatable bonds is 3. The monoisotopic (exact) mass is 252 g/mol. The lowest BCUT2D eigenvalue weighted by atomic mass is 10.1. The van der Waals surface area contributed by atoms with Gasteiger partial charge in [0, 0.05) is 11.8 Å². The Morgan fingerprint density at radius 1 is 1.16 bits per heavy atom. The van der Waals surface area contributed by atoms with Crippen molar-refractivity contribution in [2.75, 3.05) is 7.11 Å². The first kappa shape index (κ1) is 11.5. The zero-order valence-electron chi connectivity index (χ0n) is 10.4. The van der Waals surface area contributed by atoms with Crippen LogP contribution in [0.3, 0.4) is 0 Å². The first-order chi connectivity index (χ1) is 9.33. The van der Waals surface area contributed by atoms with Crippen molar-refractivity contribution in [1.82, 2.24) is 9.38 Å². The minimum absolute atomic E-state index is 0.419. The summed E-state index contributed by atoms with van der Waals surface area (Å²) in [5, 5.41) is 0. The minimum atomic E-state index is 0.419. The predicted octanol–water partition coefficient (Wildman–Crippen LogP) is 2.82. The van der Waals surface area contributed by atoms with Gasteiger partial charge in [0.15, 0.2) is 6.29 Å². The summed E-state index contributed by atoms with van der Waals surface area (Å²) in [7, 11) is 1.64. The molecule has 0 aliphatic heterocycles. The van der Waals surface area contributed by atoms with Gasteiger partial charge in [-0.15, -0.1) is 0 Å². The van der Waals surface area contributed by atoms with Crippen molar-refractivity contribution in [3.8, 4) is 17.0 Å². The van der Waals surface area contributed by atoms with Crippen LogP contribution in [-0.2, 0) is 0 Å². The third-order valence-electron chi connectivity index (χ3n) is 3.01. The fraction of sp³-hybridized carbons (Fsp3) is 0.0667. The highest BCUT2D eigenvalue weighted by atomic mass is 16.5. The van der Waals surface area contributed by atoms with Gasteiger partial charge in [-0.3, -0.25) is 9.20 Å². The Bertz CT molecular complexity index is 747. The van der Waals surface area contributed by atoms with Crippen LogP contribution in [0.15, 0.2) is 48.7 Å². The van der Waals surface area contributed by atoms with Crippen LogP contribution in [0, 0.1) is 0 Å². The molecule has 0 radical (unpaired) electrons. The molecule has 4 heteroatoms. The molecule has 0 unspecified atom stereocenters. The fourth-order valence-corrected chi connectivity index (χ4v) is 2.16. The van der Waals surface area contributed by atoms with E-state index < -0.39 is 0 Å². The number of fused-ring (bicyclic) bond motifs is 1. The summed E-state index contributed by atoms with van der Waals surface area (Å²) >= 11 is 0. The molecule has 94 valence electrons. The Morgan fingerprint density at radius 3 is 2.79 bits per heavy atom. The lowest BCUT2D eigenvalue weighted by Crippen LogP contribution is -1.93. The molecule has 2 aromatic heterocycles. The van der Waals surface area contributed by atoms with Gasteiger partial charge in [-0.1, -0.05) is 18.2 Å². The van der Waals surface area contributed by atoms with E-state index >= 15 is 0 Å². The van der Waals surface area contributed by atoms with Crippen LogP contribution in [0.5, 0.6) is 5.75 Å². The second-order valence-corrected chi connectivity index (χ2v) is 4.12. The highest BCUT2D eigenvalue weighted by molar-refractivity contribution is 5.76. The SMILES string of the molecule is COc1ccccc1-c1cccc2nc(C=O)cn12. The smallest absolute Gasteiger partial charge is 0.170 e. The first-order valence-corrected chi connectivity index (χ1v) is 5.90. The molecule has 0 aliphatic carbocycles. The number of aromatic nitrogens is 2. The molecule has 0 spiro atoms. The number of hydrogen-bond acceptors (Lipinski definition) is 3. The number of nitrogens with zero attached hydrogens (tertiary/aromatic N) is 2. The number of methoxy groups -OCH3 is 1. The van der Waals surface area contributed by atoms with Gasteiger partial charge in [0.2, 0.25) is 0 Å². The van der Waals surface area contributed by atoms with Gasteiger partial charge in [-0.05, 0) is 24.3 Å². The number of para-hydroxylation sites is 1. The van der Waals surface area contributed by atoms with Crippen LogP contribution >= 0.6 is 0 Å². The van der Waals surface area contributed by atoms with Gasteiger partial charge in [0.05, 0.1) is 12.8 Å². The standard InChI is InChI=1S/C15H12N2O2/c1-19-14-7-3-2-5-12(14)13-6-4-8-15-16-11(10-18)9-17(13)15/h2-10H,1H3. The first-order valence-electron chi connectivity index (χ1n) is 5.90. The van der Waals surface area contributed by atoms with Gasteiger partial charge in [-0.25, -0.2) is 4.98 Å². The fourth-order valence-electron chi connectivity index (χ4n) is 2.16. The van der Waals surface area contributed by atoms with Crippen molar-refractivity contribution in [3.05, 3.63) is 54.4 Å². The summed E-state index contributed by atoms with van der Waals surface area (Å²) in [6.07, 6.45) is 2.48. The number of pyridine rings is 1. The molecule has 0 bridgehead atoms. The van der Waals surface area contributed by atoms with Gasteiger partial charge < -0.3 is 4.74 Å². The number of benzene rings is 1. The molecule has 1 aromatic carbocycles. The molecule has 3 rings (SSSR count). The molecular weight excluding hydrogens is 240 g/mol. The van der Waals surface area contributed by atoms with E-state index in [-0.39, 0.29) is 0 Å². The number of hydrogen-bond donors (Lipinski definition) is 0. The van der Waals surface area contributed by atoms with E-state index in [1.165, 1.54) is 0 Å². The number of carbonyl (C=O) groups is 1. The molecule has 19 heavy (non-hydrogen) atoms. The van der Waals surface area contributed by atoms with E-state index in [1.54, 1.807) is 13.3 Å². The van der Waals surface area contributed by atoms with Gasteiger partial charge >= 0.3 is 0 Å². The molecule has 2 heterocycles. The van der Waals surface area contributed by atoms with Crippen molar-refractivity contribution in [3.63, 3.8) is 0 Å². The Morgan fingerprint density at radius 2 is 2.00 bits per heavy atom. The maximum absolute atomic E-state index is 10.8. The van der Waals surface area contributed by atoms with E-state index in [4.69, 9.17) is 4.74 Å². The Kier molecular flexibility index (Phi) is 2.76. The normalized spacial score (nSPS) is 10.6. The molecule has 0 amide bonds.